The quantitative estimate of drug-likeness (QED) is 0.891. The Morgan fingerprint density at radius 2 is 2.22 bits per heavy atom. The summed E-state index contributed by atoms with van der Waals surface area (Å²) in [5, 5.41) is 10.2. The number of aromatic nitrogens is 3. The van der Waals surface area contributed by atoms with Gasteiger partial charge in [0.2, 0.25) is 0 Å². The smallest absolute Gasteiger partial charge is 0.277 e. The highest BCUT2D eigenvalue weighted by Gasteiger charge is 2.13. The summed E-state index contributed by atoms with van der Waals surface area (Å²) in [4.78, 5) is 17.4. The summed E-state index contributed by atoms with van der Waals surface area (Å²) in [6.45, 7) is 6.07. The normalized spacial score (nSPS) is 10.6. The highest BCUT2D eigenvalue weighted by atomic mass is 32.1. The van der Waals surface area contributed by atoms with E-state index in [1.807, 2.05) is 13.8 Å². The van der Waals surface area contributed by atoms with Crippen molar-refractivity contribution in [1.29, 1.82) is 0 Å². The second kappa shape index (κ2) is 5.30. The van der Waals surface area contributed by atoms with Crippen molar-refractivity contribution in [3.05, 3.63) is 28.0 Å². The fourth-order valence-corrected chi connectivity index (χ4v) is 2.53. The first kappa shape index (κ1) is 12.8. The number of nitrogens with one attached hydrogen (secondary N) is 2. The van der Waals surface area contributed by atoms with Gasteiger partial charge in [0, 0.05) is 10.6 Å². The van der Waals surface area contributed by atoms with Crippen molar-refractivity contribution in [2.24, 2.45) is 0 Å². The van der Waals surface area contributed by atoms with Crippen LogP contribution in [0.2, 0.25) is 0 Å². The fourth-order valence-electron chi connectivity index (χ4n) is 1.63. The highest BCUT2D eigenvalue weighted by molar-refractivity contribution is 7.15. The van der Waals surface area contributed by atoms with E-state index >= 15 is 0 Å². The number of hydrogen-bond acceptors (Lipinski definition) is 4. The van der Waals surface area contributed by atoms with Crippen LogP contribution in [0.4, 0.5) is 5.13 Å². The summed E-state index contributed by atoms with van der Waals surface area (Å²) in [6, 6.07) is 1.76. The third-order valence-corrected chi connectivity index (χ3v) is 3.62. The van der Waals surface area contributed by atoms with Gasteiger partial charge in [-0.1, -0.05) is 13.8 Å². The van der Waals surface area contributed by atoms with E-state index in [1.165, 1.54) is 11.3 Å². The van der Waals surface area contributed by atoms with E-state index in [-0.39, 0.29) is 5.91 Å². The number of aromatic amines is 1. The standard InChI is InChI=1S/C12H16N4OS/c1-4-8-6-10(16-15-8)11(17)14-12-13-9(5-2)7(3)18-12/h6H,4-5H2,1-3H3,(H,15,16)(H,13,14,17). The van der Waals surface area contributed by atoms with E-state index < -0.39 is 0 Å². The Bertz CT molecular complexity index is 558. The van der Waals surface area contributed by atoms with Gasteiger partial charge in [-0.25, -0.2) is 4.98 Å². The van der Waals surface area contributed by atoms with E-state index in [9.17, 15) is 4.79 Å². The molecule has 0 saturated heterocycles. The minimum absolute atomic E-state index is 0.220. The lowest BCUT2D eigenvalue weighted by molar-refractivity contribution is 0.102. The number of rotatable bonds is 4. The van der Waals surface area contributed by atoms with Crippen LogP contribution in [0, 0.1) is 6.92 Å². The lowest BCUT2D eigenvalue weighted by Gasteiger charge is -1.96. The van der Waals surface area contributed by atoms with Gasteiger partial charge in [-0.15, -0.1) is 11.3 Å². The summed E-state index contributed by atoms with van der Waals surface area (Å²) in [5.74, 6) is -0.220. The average Bonchev–Trinajstić information content (AvgIpc) is 2.95. The predicted octanol–water partition coefficient (Wildman–Crippen LogP) is 2.55. The largest absolute Gasteiger partial charge is 0.296 e. The van der Waals surface area contributed by atoms with E-state index in [4.69, 9.17) is 0 Å². The minimum atomic E-state index is -0.220. The van der Waals surface area contributed by atoms with Crippen molar-refractivity contribution < 1.29 is 4.79 Å². The molecule has 0 bridgehead atoms. The second-order valence-corrected chi connectivity index (χ2v) is 5.16. The molecule has 2 N–H and O–H groups in total. The zero-order valence-electron chi connectivity index (χ0n) is 10.7. The van der Waals surface area contributed by atoms with E-state index in [0.29, 0.717) is 10.8 Å². The van der Waals surface area contributed by atoms with Crippen molar-refractivity contribution in [3.8, 4) is 0 Å². The molecule has 2 aromatic rings. The maximum Gasteiger partial charge on any atom is 0.277 e. The Hall–Kier alpha value is -1.69. The third kappa shape index (κ3) is 2.59. The van der Waals surface area contributed by atoms with Crippen molar-refractivity contribution in [1.82, 2.24) is 15.2 Å². The van der Waals surface area contributed by atoms with Crippen molar-refractivity contribution in [2.75, 3.05) is 5.32 Å². The molecule has 2 heterocycles. The van der Waals surface area contributed by atoms with E-state index in [2.05, 4.69) is 27.4 Å². The van der Waals surface area contributed by atoms with Crippen LogP contribution in [0.3, 0.4) is 0 Å². The number of amides is 1. The first-order valence-electron chi connectivity index (χ1n) is 5.96. The van der Waals surface area contributed by atoms with Gasteiger partial charge in [0.05, 0.1) is 5.69 Å². The average molecular weight is 264 g/mol. The highest BCUT2D eigenvalue weighted by Crippen LogP contribution is 2.22. The molecular weight excluding hydrogens is 248 g/mol. The first-order valence-corrected chi connectivity index (χ1v) is 6.77. The van der Waals surface area contributed by atoms with Gasteiger partial charge in [0.1, 0.15) is 0 Å². The maximum absolute atomic E-state index is 11.9. The van der Waals surface area contributed by atoms with Gasteiger partial charge >= 0.3 is 0 Å². The van der Waals surface area contributed by atoms with Gasteiger partial charge in [-0.2, -0.15) is 5.10 Å². The SMILES string of the molecule is CCc1cc(C(=O)Nc2nc(CC)c(C)s2)n[nH]1. The lowest BCUT2D eigenvalue weighted by atomic mass is 10.3. The summed E-state index contributed by atoms with van der Waals surface area (Å²) < 4.78 is 0. The Morgan fingerprint density at radius 1 is 1.44 bits per heavy atom. The Kier molecular flexibility index (Phi) is 3.76. The molecule has 18 heavy (non-hydrogen) atoms. The molecule has 1 amide bonds. The number of H-pyrrole nitrogens is 1. The van der Waals surface area contributed by atoms with Gasteiger partial charge in [-0.3, -0.25) is 15.2 Å². The zero-order chi connectivity index (χ0) is 13.1. The molecule has 6 heteroatoms. The van der Waals surface area contributed by atoms with Crippen LogP contribution in [-0.2, 0) is 12.8 Å². The van der Waals surface area contributed by atoms with Crippen LogP contribution >= 0.6 is 11.3 Å². The monoisotopic (exact) mass is 264 g/mol. The number of hydrogen-bond donors (Lipinski definition) is 2. The molecule has 96 valence electrons. The molecule has 0 aliphatic heterocycles. The van der Waals surface area contributed by atoms with Crippen molar-refractivity contribution >= 4 is 22.4 Å². The van der Waals surface area contributed by atoms with Gasteiger partial charge in [-0.05, 0) is 25.8 Å². The molecule has 0 atom stereocenters. The Labute approximate surface area is 110 Å². The zero-order valence-corrected chi connectivity index (χ0v) is 11.5. The molecule has 0 unspecified atom stereocenters. The number of carbonyl (C=O) groups is 1. The number of anilines is 1. The van der Waals surface area contributed by atoms with Crippen molar-refractivity contribution in [3.63, 3.8) is 0 Å². The van der Waals surface area contributed by atoms with Crippen LogP contribution in [0.1, 0.15) is 40.6 Å². The summed E-state index contributed by atoms with van der Waals surface area (Å²) in [7, 11) is 0. The summed E-state index contributed by atoms with van der Waals surface area (Å²) >= 11 is 1.49. The summed E-state index contributed by atoms with van der Waals surface area (Å²) in [6.07, 6.45) is 1.71. The lowest BCUT2D eigenvalue weighted by Crippen LogP contribution is -2.12. The van der Waals surface area contributed by atoms with Crippen molar-refractivity contribution in [2.45, 2.75) is 33.6 Å². The molecule has 2 aromatic heterocycles. The van der Waals surface area contributed by atoms with Crippen LogP contribution < -0.4 is 5.32 Å². The minimum Gasteiger partial charge on any atom is -0.296 e. The van der Waals surface area contributed by atoms with Gasteiger partial charge < -0.3 is 0 Å². The molecule has 0 aromatic carbocycles. The molecule has 5 nitrogen and oxygen atoms in total. The first-order chi connectivity index (χ1) is 8.63. The Balaban J connectivity index is 2.10. The Morgan fingerprint density at radius 3 is 2.78 bits per heavy atom. The molecule has 0 radical (unpaired) electrons. The van der Waals surface area contributed by atoms with Crippen LogP contribution in [0.25, 0.3) is 0 Å². The number of carbonyl (C=O) groups excluding carboxylic acids is 1. The van der Waals surface area contributed by atoms with Gasteiger partial charge in [0.15, 0.2) is 10.8 Å². The van der Waals surface area contributed by atoms with Crippen LogP contribution in [0.15, 0.2) is 6.07 Å². The fraction of sp³-hybridized carbons (Fsp3) is 0.417. The topological polar surface area (TPSA) is 70.7 Å². The number of thiazole rings is 1. The number of aryl methyl sites for hydroxylation is 3. The van der Waals surface area contributed by atoms with Crippen LogP contribution in [0.5, 0.6) is 0 Å². The molecule has 0 fully saturated rings. The molecular formula is C12H16N4OS. The molecule has 0 saturated carbocycles. The van der Waals surface area contributed by atoms with E-state index in [1.54, 1.807) is 6.07 Å². The molecule has 0 aliphatic rings. The second-order valence-electron chi connectivity index (χ2n) is 3.96. The summed E-state index contributed by atoms with van der Waals surface area (Å²) in [5.41, 5.74) is 2.38. The van der Waals surface area contributed by atoms with Crippen LogP contribution in [-0.4, -0.2) is 21.1 Å². The number of nitrogens with zero attached hydrogens (tertiary/aromatic N) is 2. The maximum atomic E-state index is 11.9. The van der Waals surface area contributed by atoms with Gasteiger partial charge in [0.25, 0.3) is 5.91 Å². The predicted molar refractivity (Wildman–Crippen MR) is 72.1 cm³/mol. The molecule has 2 rings (SSSR count). The molecule has 0 aliphatic carbocycles. The molecule has 0 spiro atoms. The van der Waals surface area contributed by atoms with E-state index in [0.717, 1.165) is 29.1 Å². The third-order valence-electron chi connectivity index (χ3n) is 2.69.